The van der Waals surface area contributed by atoms with Crippen LogP contribution in [0, 0.1) is 0 Å². The molecule has 354 valence electrons. The highest BCUT2D eigenvalue weighted by atomic mass is 16.6. The lowest BCUT2D eigenvalue weighted by molar-refractivity contribution is -0.889. The molecule has 0 rings (SSSR count). The molecular weight excluding hydrogens is 775 g/mol. The van der Waals surface area contributed by atoms with Gasteiger partial charge in [-0.25, -0.2) is 0 Å². The van der Waals surface area contributed by atoms with Crippen molar-refractivity contribution in [2.75, 3.05) is 41.0 Å². The fraction of sp³-hybridized carbons (Fsp3) is 0.685. The number of rotatable bonds is 43. The molecule has 0 fully saturated rings. The number of carboxylic acid groups (broad SMARTS) is 1. The highest BCUT2D eigenvalue weighted by Gasteiger charge is 2.25. The van der Waals surface area contributed by atoms with Crippen molar-refractivity contribution in [3.63, 3.8) is 0 Å². The summed E-state index contributed by atoms with van der Waals surface area (Å²) in [6.45, 7) is 4.43. The number of esters is 2. The third-order valence-corrected chi connectivity index (χ3v) is 10.5. The maximum Gasteiger partial charge on any atom is 0.310 e. The topological polar surface area (TPSA) is 102 Å². The van der Waals surface area contributed by atoms with Crippen molar-refractivity contribution < 1.29 is 38.2 Å². The molecule has 0 heterocycles. The number of hydrogen-bond donors (Lipinski definition) is 0. The second-order valence-electron chi connectivity index (χ2n) is 17.3. The first kappa shape index (κ1) is 58.5. The maximum atomic E-state index is 12.7. The SMILES string of the molecule is CC/C=C\C/C=C\C/C=C\C/C=C\C/C=C\CC(=O)OC(COCCC(C(=O)[O-])[N+](C)(C)C)COC(=O)CCCCCCCCCCCCC/C=C\C/C=C\CCCCCCC. The molecule has 0 aromatic carbocycles. The van der Waals surface area contributed by atoms with Crippen LogP contribution in [-0.4, -0.2) is 75.5 Å². The number of likely N-dealkylation sites (N-methyl/N-ethyl adjacent to an activating group) is 1. The van der Waals surface area contributed by atoms with E-state index in [9.17, 15) is 19.5 Å². The van der Waals surface area contributed by atoms with Gasteiger partial charge in [-0.15, -0.1) is 0 Å². The normalized spacial score (nSPS) is 13.6. The van der Waals surface area contributed by atoms with Gasteiger partial charge in [0, 0.05) is 12.8 Å². The molecule has 2 atom stereocenters. The summed E-state index contributed by atoms with van der Waals surface area (Å²) in [5.74, 6) is -1.90. The Morgan fingerprint density at radius 2 is 0.952 bits per heavy atom. The molecule has 0 aromatic heterocycles. The van der Waals surface area contributed by atoms with E-state index in [0.29, 0.717) is 12.8 Å². The summed E-state index contributed by atoms with van der Waals surface area (Å²) in [5.41, 5.74) is 0. The summed E-state index contributed by atoms with van der Waals surface area (Å²) in [6, 6.07) is -0.746. The van der Waals surface area contributed by atoms with Gasteiger partial charge in [0.1, 0.15) is 12.6 Å². The van der Waals surface area contributed by atoms with Gasteiger partial charge in [-0.3, -0.25) is 9.59 Å². The Kier molecular flexibility index (Phi) is 41.6. The summed E-state index contributed by atoms with van der Waals surface area (Å²) in [5, 5.41) is 11.6. The fourth-order valence-electron chi connectivity index (χ4n) is 6.76. The average molecular weight is 866 g/mol. The standard InChI is InChI=1S/C54H91NO7/c1-6-8-10-12-14-16-18-20-22-23-24-25-26-27-28-29-31-32-34-36-38-40-42-44-52(56)61-49-50(48-60-47-46-51(54(58)59)55(3,4)5)62-53(57)45-43-41-39-37-35-33-30-21-19-17-15-13-11-9-7-2/h9,11,15,17-18,20-21,23-24,30,35,37,41,43,50-51H,6-8,10,12-14,16,19,22,25-29,31-34,36,38-40,42,44-49H2,1-5H3/b11-9-,17-15-,20-18-,24-23-,30-21-,37-35-,43-41-. The average Bonchev–Trinajstić information content (AvgIpc) is 3.23. The van der Waals surface area contributed by atoms with E-state index in [1.165, 1.54) is 96.3 Å². The van der Waals surface area contributed by atoms with E-state index in [2.05, 4.69) is 86.8 Å². The third kappa shape index (κ3) is 41.8. The Morgan fingerprint density at radius 1 is 0.516 bits per heavy atom. The minimum atomic E-state index is -1.14. The van der Waals surface area contributed by atoms with E-state index in [0.717, 1.165) is 51.4 Å². The van der Waals surface area contributed by atoms with Crippen LogP contribution in [0.15, 0.2) is 85.1 Å². The van der Waals surface area contributed by atoms with Gasteiger partial charge in [0.05, 0.1) is 46.7 Å². The highest BCUT2D eigenvalue weighted by Crippen LogP contribution is 2.14. The molecule has 0 N–H and O–H groups in total. The van der Waals surface area contributed by atoms with E-state index >= 15 is 0 Å². The van der Waals surface area contributed by atoms with Gasteiger partial charge in [0.15, 0.2) is 6.10 Å². The molecule has 8 nitrogen and oxygen atoms in total. The van der Waals surface area contributed by atoms with E-state index in [-0.39, 0.29) is 43.1 Å². The summed E-state index contributed by atoms with van der Waals surface area (Å²) < 4.78 is 17.1. The molecule has 8 heteroatoms. The Labute approximate surface area is 380 Å². The Hall–Kier alpha value is -3.49. The molecule has 0 saturated heterocycles. The van der Waals surface area contributed by atoms with Gasteiger partial charge >= 0.3 is 11.9 Å². The minimum absolute atomic E-state index is 0.00358. The van der Waals surface area contributed by atoms with E-state index in [4.69, 9.17) is 14.2 Å². The lowest BCUT2D eigenvalue weighted by Gasteiger charge is -2.34. The number of carbonyl (C=O) groups is 3. The Morgan fingerprint density at radius 3 is 1.42 bits per heavy atom. The summed E-state index contributed by atoms with van der Waals surface area (Å²) >= 11 is 0. The second kappa shape index (κ2) is 44.1. The molecule has 62 heavy (non-hydrogen) atoms. The number of nitrogens with zero attached hydrogens (tertiary/aromatic N) is 1. The molecular formula is C54H91NO7. The molecule has 0 aliphatic carbocycles. The molecule has 2 unspecified atom stereocenters. The van der Waals surface area contributed by atoms with Gasteiger partial charge in [-0.2, -0.15) is 0 Å². The number of aliphatic carboxylic acids is 1. The minimum Gasteiger partial charge on any atom is -0.544 e. The molecule has 0 saturated carbocycles. The molecule has 0 aliphatic rings. The van der Waals surface area contributed by atoms with Crippen LogP contribution < -0.4 is 5.11 Å². The number of allylic oxidation sites excluding steroid dienone is 13. The number of carbonyl (C=O) groups excluding carboxylic acids is 3. The van der Waals surface area contributed by atoms with Crippen LogP contribution >= 0.6 is 0 Å². The quantitative estimate of drug-likeness (QED) is 0.0260. The number of hydrogen-bond acceptors (Lipinski definition) is 7. The Bertz CT molecular complexity index is 1290. The highest BCUT2D eigenvalue weighted by molar-refractivity contribution is 5.71. The molecule has 0 aromatic rings. The van der Waals surface area contributed by atoms with Crippen molar-refractivity contribution in [1.29, 1.82) is 0 Å². The summed E-state index contributed by atoms with van der Waals surface area (Å²) in [6.07, 6.45) is 57.9. The van der Waals surface area contributed by atoms with Crippen LogP contribution in [0.1, 0.15) is 187 Å². The van der Waals surface area contributed by atoms with Crippen LogP contribution in [0.5, 0.6) is 0 Å². The maximum absolute atomic E-state index is 12.7. The zero-order chi connectivity index (χ0) is 45.6. The fourth-order valence-corrected chi connectivity index (χ4v) is 6.76. The van der Waals surface area contributed by atoms with Crippen molar-refractivity contribution in [3.05, 3.63) is 85.1 Å². The zero-order valence-electron chi connectivity index (χ0n) is 40.3. The van der Waals surface area contributed by atoms with Crippen LogP contribution in [0.4, 0.5) is 0 Å². The van der Waals surface area contributed by atoms with Crippen LogP contribution in [-0.2, 0) is 28.6 Å². The van der Waals surface area contributed by atoms with Gasteiger partial charge in [-0.05, 0) is 70.6 Å². The van der Waals surface area contributed by atoms with E-state index < -0.39 is 24.1 Å². The zero-order valence-corrected chi connectivity index (χ0v) is 40.3. The van der Waals surface area contributed by atoms with E-state index in [1.54, 1.807) is 27.2 Å². The Balaban J connectivity index is 4.32. The van der Waals surface area contributed by atoms with Gasteiger partial charge < -0.3 is 28.6 Å². The van der Waals surface area contributed by atoms with Crippen LogP contribution in [0.3, 0.4) is 0 Å². The van der Waals surface area contributed by atoms with Crippen molar-refractivity contribution in [2.24, 2.45) is 0 Å². The van der Waals surface area contributed by atoms with Crippen LogP contribution in [0.25, 0.3) is 0 Å². The first-order valence-electron chi connectivity index (χ1n) is 24.6. The van der Waals surface area contributed by atoms with Crippen LogP contribution in [0.2, 0.25) is 0 Å². The largest absolute Gasteiger partial charge is 0.544 e. The number of ether oxygens (including phenoxy) is 3. The number of unbranched alkanes of at least 4 members (excludes halogenated alkanes) is 16. The lowest BCUT2D eigenvalue weighted by atomic mass is 10.0. The predicted molar refractivity (Wildman–Crippen MR) is 258 cm³/mol. The van der Waals surface area contributed by atoms with Gasteiger partial charge in [0.2, 0.25) is 0 Å². The number of quaternary nitrogens is 1. The second-order valence-corrected chi connectivity index (χ2v) is 17.3. The molecule has 0 aliphatic heterocycles. The third-order valence-electron chi connectivity index (χ3n) is 10.5. The first-order chi connectivity index (χ1) is 30.1. The molecule has 0 bridgehead atoms. The first-order valence-corrected chi connectivity index (χ1v) is 24.6. The van der Waals surface area contributed by atoms with E-state index in [1.807, 2.05) is 6.08 Å². The number of carboxylic acids is 1. The van der Waals surface area contributed by atoms with Crippen molar-refractivity contribution in [1.82, 2.24) is 0 Å². The summed E-state index contributed by atoms with van der Waals surface area (Å²) in [4.78, 5) is 36.9. The van der Waals surface area contributed by atoms with Gasteiger partial charge in [0.25, 0.3) is 0 Å². The van der Waals surface area contributed by atoms with Crippen molar-refractivity contribution in [3.8, 4) is 0 Å². The molecule has 0 radical (unpaired) electrons. The van der Waals surface area contributed by atoms with Crippen molar-refractivity contribution >= 4 is 17.9 Å². The van der Waals surface area contributed by atoms with Gasteiger partial charge in [-0.1, -0.05) is 182 Å². The smallest absolute Gasteiger partial charge is 0.310 e. The monoisotopic (exact) mass is 866 g/mol. The van der Waals surface area contributed by atoms with Crippen molar-refractivity contribution in [2.45, 2.75) is 199 Å². The molecule has 0 amide bonds. The lowest BCUT2D eigenvalue weighted by Crippen LogP contribution is -2.55. The molecule has 0 spiro atoms. The summed E-state index contributed by atoms with van der Waals surface area (Å²) in [7, 11) is 5.37. The predicted octanol–water partition coefficient (Wildman–Crippen LogP) is 12.7.